The molecule has 1 nitrogen and oxygen atoms in total. The summed E-state index contributed by atoms with van der Waals surface area (Å²) < 4.78 is 1.08. The SMILES string of the molecule is O=C(c1ccccc1)c1ccccc1[AsH2]. The van der Waals surface area contributed by atoms with Crippen LogP contribution < -0.4 is 4.35 Å². The predicted molar refractivity (Wildman–Crippen MR) is 64.5 cm³/mol. The quantitative estimate of drug-likeness (QED) is 0.584. The average Bonchev–Trinajstić information content (AvgIpc) is 2.30. The van der Waals surface area contributed by atoms with Gasteiger partial charge in [0.15, 0.2) is 0 Å². The van der Waals surface area contributed by atoms with Gasteiger partial charge in [-0.1, -0.05) is 0 Å². The van der Waals surface area contributed by atoms with E-state index in [2.05, 4.69) is 0 Å². The van der Waals surface area contributed by atoms with Gasteiger partial charge >= 0.3 is 97.5 Å². The van der Waals surface area contributed by atoms with Gasteiger partial charge in [-0.3, -0.25) is 0 Å². The third-order valence-corrected chi connectivity index (χ3v) is 3.30. The van der Waals surface area contributed by atoms with E-state index in [0.717, 1.165) is 15.5 Å². The normalized spacial score (nSPS) is 9.93. The Morgan fingerprint density at radius 2 is 1.47 bits per heavy atom. The average molecular weight is 258 g/mol. The van der Waals surface area contributed by atoms with Gasteiger partial charge in [-0.05, 0) is 0 Å². The Labute approximate surface area is 97.6 Å². The van der Waals surface area contributed by atoms with E-state index >= 15 is 0 Å². The molecule has 0 aliphatic rings. The van der Waals surface area contributed by atoms with Crippen molar-refractivity contribution in [1.29, 1.82) is 0 Å². The molecule has 1 unspecified atom stereocenters. The van der Waals surface area contributed by atoms with Crippen LogP contribution in [0, 0.1) is 0 Å². The second-order valence-corrected chi connectivity index (χ2v) is 4.59. The molecule has 15 heavy (non-hydrogen) atoms. The van der Waals surface area contributed by atoms with Gasteiger partial charge in [0.2, 0.25) is 0 Å². The van der Waals surface area contributed by atoms with Crippen molar-refractivity contribution in [3.05, 3.63) is 65.7 Å². The topological polar surface area (TPSA) is 17.1 Å². The molecule has 0 aromatic heterocycles. The van der Waals surface area contributed by atoms with Gasteiger partial charge in [0, 0.05) is 0 Å². The molecule has 0 amide bonds. The summed E-state index contributed by atoms with van der Waals surface area (Å²) in [5.41, 5.74) is 1.56. The molecule has 2 rings (SSSR count). The summed E-state index contributed by atoms with van der Waals surface area (Å²) in [7, 11) is 0. The van der Waals surface area contributed by atoms with Crippen molar-refractivity contribution in [2.24, 2.45) is 0 Å². The molecular formula is C13H11AsO. The van der Waals surface area contributed by atoms with Crippen molar-refractivity contribution in [2.75, 3.05) is 0 Å². The minimum absolute atomic E-state index is 0.107. The van der Waals surface area contributed by atoms with Gasteiger partial charge in [-0.15, -0.1) is 0 Å². The van der Waals surface area contributed by atoms with E-state index in [1.165, 1.54) is 16.9 Å². The van der Waals surface area contributed by atoms with Crippen LogP contribution in [0.15, 0.2) is 54.6 Å². The summed E-state index contributed by atoms with van der Waals surface area (Å²) in [6, 6.07) is 17.1. The maximum atomic E-state index is 12.1. The first kappa shape index (κ1) is 10.2. The van der Waals surface area contributed by atoms with Gasteiger partial charge in [0.05, 0.1) is 0 Å². The van der Waals surface area contributed by atoms with Crippen LogP contribution in [0.1, 0.15) is 15.9 Å². The minimum atomic E-state index is 0.107. The first-order chi connectivity index (χ1) is 7.29. The molecular weight excluding hydrogens is 247 g/mol. The van der Waals surface area contributed by atoms with Crippen molar-refractivity contribution in [1.82, 2.24) is 0 Å². The molecule has 74 valence electrons. The van der Waals surface area contributed by atoms with Crippen LogP contribution in [0.25, 0.3) is 0 Å². The Morgan fingerprint density at radius 3 is 2.13 bits per heavy atom. The first-order valence-electron chi connectivity index (χ1n) is 4.73. The van der Waals surface area contributed by atoms with Crippen molar-refractivity contribution >= 4 is 27.0 Å². The van der Waals surface area contributed by atoms with Crippen LogP contribution in [-0.4, -0.2) is 22.6 Å². The molecule has 0 radical (unpaired) electrons. The fourth-order valence-electron chi connectivity index (χ4n) is 1.45. The van der Waals surface area contributed by atoms with E-state index in [-0.39, 0.29) is 5.78 Å². The molecule has 0 bridgehead atoms. The Balaban J connectivity index is 2.42. The molecule has 0 aliphatic heterocycles. The van der Waals surface area contributed by atoms with Crippen LogP contribution in [0.5, 0.6) is 0 Å². The molecule has 0 fully saturated rings. The summed E-state index contributed by atoms with van der Waals surface area (Å²) >= 11 is 1.48. The number of hydrogen-bond acceptors (Lipinski definition) is 1. The maximum absolute atomic E-state index is 12.1. The van der Waals surface area contributed by atoms with Crippen LogP contribution >= 0.6 is 0 Å². The monoisotopic (exact) mass is 258 g/mol. The summed E-state index contributed by atoms with van der Waals surface area (Å²) in [4.78, 5) is 12.1. The van der Waals surface area contributed by atoms with Gasteiger partial charge < -0.3 is 0 Å². The number of hydrogen-bond donors (Lipinski definition) is 0. The number of carbonyl (C=O) groups excluding carboxylic acids is 1. The van der Waals surface area contributed by atoms with Crippen molar-refractivity contribution in [2.45, 2.75) is 0 Å². The van der Waals surface area contributed by atoms with Crippen molar-refractivity contribution in [3.63, 3.8) is 0 Å². The van der Waals surface area contributed by atoms with Gasteiger partial charge in [0.25, 0.3) is 0 Å². The number of rotatable bonds is 2. The fourth-order valence-corrected chi connectivity index (χ4v) is 2.16. The van der Waals surface area contributed by atoms with Gasteiger partial charge in [0.1, 0.15) is 0 Å². The molecule has 1 atom stereocenters. The van der Waals surface area contributed by atoms with Gasteiger partial charge in [-0.2, -0.15) is 0 Å². The predicted octanol–water partition coefficient (Wildman–Crippen LogP) is 1.18. The van der Waals surface area contributed by atoms with Crippen LogP contribution in [0.3, 0.4) is 0 Å². The van der Waals surface area contributed by atoms with Crippen LogP contribution in [-0.2, 0) is 0 Å². The van der Waals surface area contributed by atoms with E-state index in [1.54, 1.807) is 0 Å². The van der Waals surface area contributed by atoms with E-state index in [9.17, 15) is 4.79 Å². The van der Waals surface area contributed by atoms with E-state index in [1.807, 2.05) is 54.6 Å². The molecule has 2 aromatic carbocycles. The Morgan fingerprint density at radius 1 is 0.867 bits per heavy atom. The number of benzene rings is 2. The third-order valence-electron chi connectivity index (χ3n) is 2.24. The first-order valence-corrected chi connectivity index (χ1v) is 5.94. The fraction of sp³-hybridized carbons (Fsp3) is 0. The second kappa shape index (κ2) is 4.46. The number of carbonyl (C=O) groups is 1. The molecule has 0 saturated carbocycles. The summed E-state index contributed by atoms with van der Waals surface area (Å²) in [5, 5.41) is 0. The van der Waals surface area contributed by atoms with Crippen molar-refractivity contribution < 1.29 is 4.79 Å². The zero-order valence-electron chi connectivity index (χ0n) is 8.18. The van der Waals surface area contributed by atoms with Crippen LogP contribution in [0.2, 0.25) is 0 Å². The summed E-state index contributed by atoms with van der Waals surface area (Å²) in [6.07, 6.45) is 0. The Kier molecular flexibility index (Phi) is 3.03. The Bertz CT molecular complexity index is 477. The number of ketones is 1. The Hall–Kier alpha value is -1.33. The molecule has 2 heteroatoms. The standard InChI is InChI=1S/C13H11AsO/c14-12-9-5-4-8-11(12)13(15)10-6-2-1-3-7-10/h1-9H,14H2. The van der Waals surface area contributed by atoms with Gasteiger partial charge in [-0.25, -0.2) is 0 Å². The van der Waals surface area contributed by atoms with E-state index in [4.69, 9.17) is 0 Å². The molecule has 0 N–H and O–H groups in total. The molecule has 0 aliphatic carbocycles. The second-order valence-electron chi connectivity index (χ2n) is 3.28. The summed E-state index contributed by atoms with van der Waals surface area (Å²) in [5.74, 6) is 0.107. The molecule has 0 heterocycles. The summed E-state index contributed by atoms with van der Waals surface area (Å²) in [6.45, 7) is 0. The molecule has 0 saturated heterocycles. The molecule has 2 aromatic rings. The zero-order valence-corrected chi connectivity index (χ0v) is 10.6. The van der Waals surface area contributed by atoms with Crippen molar-refractivity contribution in [3.8, 4) is 0 Å². The zero-order chi connectivity index (χ0) is 10.7. The van der Waals surface area contributed by atoms with Crippen LogP contribution in [0.4, 0.5) is 0 Å². The van der Waals surface area contributed by atoms with E-state index in [0.29, 0.717) is 0 Å². The third kappa shape index (κ3) is 2.19. The molecule has 0 spiro atoms. The van der Waals surface area contributed by atoms with E-state index < -0.39 is 0 Å².